The number of ketones is 1. The monoisotopic (exact) mass is 491 g/mol. The number of aromatic nitrogens is 3. The Labute approximate surface area is 207 Å². The molecule has 2 aromatic heterocycles. The SMILES string of the molecule is CC(C)=CC(=O)c1ccc(Sc2nc(Nc3ncc(C#N)s3)cc(N3CCN(C)CC3)n2)cc1. The first kappa shape index (κ1) is 23.9. The van der Waals surface area contributed by atoms with Gasteiger partial charge in [0.25, 0.3) is 0 Å². The first-order chi connectivity index (χ1) is 16.4. The highest BCUT2D eigenvalue weighted by Gasteiger charge is 2.18. The molecule has 1 aromatic carbocycles. The van der Waals surface area contributed by atoms with Gasteiger partial charge in [-0.1, -0.05) is 16.9 Å². The topological polar surface area (TPSA) is 98.0 Å². The van der Waals surface area contributed by atoms with Crippen LogP contribution in [-0.2, 0) is 0 Å². The quantitative estimate of drug-likeness (QED) is 0.289. The summed E-state index contributed by atoms with van der Waals surface area (Å²) in [5, 5.41) is 13.5. The van der Waals surface area contributed by atoms with E-state index >= 15 is 0 Å². The minimum atomic E-state index is -0.00321. The van der Waals surface area contributed by atoms with E-state index < -0.39 is 0 Å². The number of likely N-dealkylation sites (N-methyl/N-ethyl adjacent to an activating group) is 1. The van der Waals surface area contributed by atoms with E-state index in [1.807, 2.05) is 44.2 Å². The lowest BCUT2D eigenvalue weighted by Gasteiger charge is -2.33. The molecule has 0 saturated carbocycles. The summed E-state index contributed by atoms with van der Waals surface area (Å²) in [6.07, 6.45) is 3.18. The zero-order valence-electron chi connectivity index (χ0n) is 19.3. The van der Waals surface area contributed by atoms with Gasteiger partial charge in [-0.25, -0.2) is 15.0 Å². The Morgan fingerprint density at radius 1 is 1.18 bits per heavy atom. The maximum Gasteiger partial charge on any atom is 0.196 e. The molecule has 34 heavy (non-hydrogen) atoms. The van der Waals surface area contributed by atoms with Crippen molar-refractivity contribution in [2.75, 3.05) is 43.4 Å². The number of hydrogen-bond donors (Lipinski definition) is 1. The van der Waals surface area contributed by atoms with Gasteiger partial charge in [0.15, 0.2) is 16.1 Å². The third-order valence-electron chi connectivity index (χ3n) is 5.14. The Hall–Kier alpha value is -3.26. The van der Waals surface area contributed by atoms with Crippen molar-refractivity contribution in [1.29, 1.82) is 5.26 Å². The summed E-state index contributed by atoms with van der Waals surface area (Å²) in [4.78, 5) is 32.0. The molecular weight excluding hydrogens is 466 g/mol. The predicted octanol–water partition coefficient (Wildman–Crippen LogP) is 4.60. The first-order valence-corrected chi connectivity index (χ1v) is 12.5. The number of allylic oxidation sites excluding steroid dienone is 2. The number of piperazine rings is 1. The number of nitriles is 1. The number of nitrogens with zero attached hydrogens (tertiary/aromatic N) is 6. The first-order valence-electron chi connectivity index (χ1n) is 10.8. The zero-order chi connectivity index (χ0) is 24.1. The van der Waals surface area contributed by atoms with Crippen LogP contribution in [-0.4, -0.2) is 58.9 Å². The maximum absolute atomic E-state index is 12.3. The van der Waals surface area contributed by atoms with Gasteiger partial charge in [-0.3, -0.25) is 4.79 Å². The predicted molar refractivity (Wildman–Crippen MR) is 136 cm³/mol. The Balaban J connectivity index is 1.58. The third kappa shape index (κ3) is 6.20. The molecule has 3 aromatic rings. The van der Waals surface area contributed by atoms with Crippen molar-refractivity contribution in [3.8, 4) is 6.07 Å². The number of hydrogen-bond acceptors (Lipinski definition) is 10. The minimum absolute atomic E-state index is 0.00321. The molecule has 0 amide bonds. The summed E-state index contributed by atoms with van der Waals surface area (Å²) in [6.45, 7) is 7.52. The highest BCUT2D eigenvalue weighted by molar-refractivity contribution is 7.99. The molecular formula is C24H25N7OS2. The summed E-state index contributed by atoms with van der Waals surface area (Å²) in [5.41, 5.74) is 1.62. The Morgan fingerprint density at radius 2 is 1.91 bits per heavy atom. The smallest absolute Gasteiger partial charge is 0.196 e. The van der Waals surface area contributed by atoms with E-state index in [1.165, 1.54) is 23.1 Å². The van der Waals surface area contributed by atoms with Gasteiger partial charge in [0.2, 0.25) is 0 Å². The standard InChI is InChI=1S/C24H25N7OS2/c1-16(2)12-20(32)17-4-6-18(7-5-17)33-24-28-21(27-23-26-15-19(14-25)34-23)13-22(29-24)31-10-8-30(3)9-11-31/h4-7,12-13,15H,8-11H2,1-3H3,(H,26,27,28,29). The van der Waals surface area contributed by atoms with Crippen molar-refractivity contribution in [3.05, 3.63) is 58.6 Å². The number of thiazole rings is 1. The molecule has 0 bridgehead atoms. The molecule has 1 saturated heterocycles. The number of nitrogens with one attached hydrogen (secondary N) is 1. The van der Waals surface area contributed by atoms with Gasteiger partial charge in [0.1, 0.15) is 22.6 Å². The van der Waals surface area contributed by atoms with E-state index in [4.69, 9.17) is 10.2 Å². The molecule has 0 radical (unpaired) electrons. The van der Waals surface area contributed by atoms with Gasteiger partial charge in [-0.05, 0) is 63.0 Å². The fourth-order valence-electron chi connectivity index (χ4n) is 3.35. The lowest BCUT2D eigenvalue weighted by molar-refractivity contribution is 0.104. The number of carbonyl (C=O) groups excluding carboxylic acids is 1. The third-order valence-corrected chi connectivity index (χ3v) is 6.83. The molecule has 1 fully saturated rings. The Morgan fingerprint density at radius 3 is 2.56 bits per heavy atom. The van der Waals surface area contributed by atoms with Crippen LogP contribution in [0.2, 0.25) is 0 Å². The summed E-state index contributed by atoms with van der Waals surface area (Å²) < 4.78 is 0. The average molecular weight is 492 g/mol. The number of carbonyl (C=O) groups is 1. The van der Waals surface area contributed by atoms with Gasteiger partial charge in [0.05, 0.1) is 6.20 Å². The zero-order valence-corrected chi connectivity index (χ0v) is 20.9. The molecule has 0 atom stereocenters. The van der Waals surface area contributed by atoms with E-state index in [2.05, 4.69) is 38.2 Å². The lowest BCUT2D eigenvalue weighted by Crippen LogP contribution is -2.44. The van der Waals surface area contributed by atoms with Gasteiger partial charge in [-0.2, -0.15) is 5.26 Å². The van der Waals surface area contributed by atoms with Crippen LogP contribution in [0.15, 0.2) is 58.2 Å². The van der Waals surface area contributed by atoms with Crippen LogP contribution in [0, 0.1) is 11.3 Å². The summed E-state index contributed by atoms with van der Waals surface area (Å²) in [5.74, 6) is 1.47. The van der Waals surface area contributed by atoms with Gasteiger partial charge in [-0.15, -0.1) is 0 Å². The molecule has 10 heteroatoms. The van der Waals surface area contributed by atoms with Crippen molar-refractivity contribution < 1.29 is 4.79 Å². The van der Waals surface area contributed by atoms with E-state index in [0.29, 0.717) is 26.5 Å². The second-order valence-electron chi connectivity index (χ2n) is 8.16. The highest BCUT2D eigenvalue weighted by Crippen LogP contribution is 2.30. The largest absolute Gasteiger partial charge is 0.354 e. The molecule has 1 aliphatic rings. The van der Waals surface area contributed by atoms with Crippen molar-refractivity contribution in [3.63, 3.8) is 0 Å². The second-order valence-corrected chi connectivity index (χ2v) is 10.2. The van der Waals surface area contributed by atoms with Gasteiger partial charge < -0.3 is 15.1 Å². The molecule has 1 N–H and O–H groups in total. The summed E-state index contributed by atoms with van der Waals surface area (Å²) in [6, 6.07) is 11.5. The second kappa shape index (κ2) is 10.8. The summed E-state index contributed by atoms with van der Waals surface area (Å²) >= 11 is 2.72. The maximum atomic E-state index is 12.3. The van der Waals surface area contributed by atoms with Crippen molar-refractivity contribution >= 4 is 45.6 Å². The number of anilines is 3. The fourth-order valence-corrected chi connectivity index (χ4v) is 4.74. The van der Waals surface area contributed by atoms with Gasteiger partial charge in [0, 0.05) is 42.7 Å². The van der Waals surface area contributed by atoms with E-state index in [1.54, 1.807) is 12.3 Å². The average Bonchev–Trinajstić information content (AvgIpc) is 3.27. The van der Waals surface area contributed by atoms with Crippen LogP contribution in [0.5, 0.6) is 0 Å². The van der Waals surface area contributed by atoms with Crippen molar-refractivity contribution in [2.24, 2.45) is 0 Å². The van der Waals surface area contributed by atoms with Gasteiger partial charge >= 0.3 is 0 Å². The van der Waals surface area contributed by atoms with E-state index in [0.717, 1.165) is 42.5 Å². The van der Waals surface area contributed by atoms with Crippen molar-refractivity contribution in [1.82, 2.24) is 19.9 Å². The number of rotatable bonds is 7. The van der Waals surface area contributed by atoms with Crippen molar-refractivity contribution in [2.45, 2.75) is 23.9 Å². The van der Waals surface area contributed by atoms with Crippen LogP contribution in [0.25, 0.3) is 0 Å². The molecule has 8 nitrogen and oxygen atoms in total. The lowest BCUT2D eigenvalue weighted by atomic mass is 10.1. The van der Waals surface area contributed by atoms with E-state index in [9.17, 15) is 4.79 Å². The van der Waals surface area contributed by atoms with Crippen LogP contribution in [0.4, 0.5) is 16.8 Å². The molecule has 174 valence electrons. The molecule has 4 rings (SSSR count). The van der Waals surface area contributed by atoms with E-state index in [-0.39, 0.29) is 5.78 Å². The Kier molecular flexibility index (Phi) is 7.57. The molecule has 3 heterocycles. The number of benzene rings is 1. The van der Waals surface area contributed by atoms with Crippen LogP contribution in [0.1, 0.15) is 29.1 Å². The molecule has 0 unspecified atom stereocenters. The normalized spacial score (nSPS) is 13.9. The fraction of sp³-hybridized carbons (Fsp3) is 0.292. The van der Waals surface area contributed by atoms with Crippen LogP contribution < -0.4 is 10.2 Å². The Bertz CT molecular complexity index is 1230. The summed E-state index contributed by atoms with van der Waals surface area (Å²) in [7, 11) is 2.12. The van der Waals surface area contributed by atoms with Crippen LogP contribution >= 0.6 is 23.1 Å². The van der Waals surface area contributed by atoms with Crippen LogP contribution in [0.3, 0.4) is 0 Å². The highest BCUT2D eigenvalue weighted by atomic mass is 32.2. The molecule has 0 aliphatic carbocycles. The molecule has 1 aliphatic heterocycles. The minimum Gasteiger partial charge on any atom is -0.354 e. The molecule has 0 spiro atoms.